The van der Waals surface area contributed by atoms with Gasteiger partial charge < -0.3 is 9.50 Å². The summed E-state index contributed by atoms with van der Waals surface area (Å²) in [4.78, 5) is 26.6. The Morgan fingerprint density at radius 2 is 1.84 bits per heavy atom. The Balaban J connectivity index is 1.74. The smallest absolute Gasteiger partial charge is 0.339 e. The van der Waals surface area contributed by atoms with Gasteiger partial charge in [0.05, 0.1) is 16.7 Å². The highest BCUT2D eigenvalue weighted by atomic mass is 32.2. The second-order valence-corrected chi connectivity index (χ2v) is 8.23. The van der Waals surface area contributed by atoms with Crippen molar-refractivity contribution in [1.82, 2.24) is 10.3 Å². The number of nitrogens with zero attached hydrogens (tertiary/aromatic N) is 2. The van der Waals surface area contributed by atoms with Gasteiger partial charge in [0.15, 0.2) is 0 Å². The topological polar surface area (TPSA) is 128 Å². The van der Waals surface area contributed by atoms with E-state index < -0.39 is 15.0 Å². The molecule has 1 atom stereocenters. The minimum absolute atomic E-state index is 0.0276. The number of non-ortho nitro benzene ring substituents is 1. The van der Waals surface area contributed by atoms with E-state index in [2.05, 4.69) is 10.3 Å². The first kappa shape index (κ1) is 21.9. The van der Waals surface area contributed by atoms with E-state index in [-0.39, 0.29) is 28.3 Å². The van der Waals surface area contributed by atoms with Crippen LogP contribution in [0.5, 0.6) is 5.75 Å². The first-order chi connectivity index (χ1) is 14.7. The number of aryl methyl sites for hydroxylation is 1. The van der Waals surface area contributed by atoms with Crippen LogP contribution in [0.15, 0.2) is 71.8 Å². The molecule has 1 heterocycles. The predicted molar refractivity (Wildman–Crippen MR) is 112 cm³/mol. The van der Waals surface area contributed by atoms with Crippen LogP contribution in [0.3, 0.4) is 0 Å². The maximum Gasteiger partial charge on any atom is 0.339 e. The SMILES string of the molecule is Cc1ccc([N+](=O)[O-])cc1S(=O)(=O)Oc1ccc(C(=O)NC(C)c2ccccn2)cc1. The molecule has 1 amide bonds. The van der Waals surface area contributed by atoms with E-state index in [1.54, 1.807) is 25.3 Å². The highest BCUT2D eigenvalue weighted by Gasteiger charge is 2.23. The van der Waals surface area contributed by atoms with Crippen LogP contribution in [0.4, 0.5) is 5.69 Å². The van der Waals surface area contributed by atoms with Crippen LogP contribution in [0, 0.1) is 17.0 Å². The molecule has 3 rings (SSSR count). The number of carbonyl (C=O) groups excluding carboxylic acids is 1. The predicted octanol–water partition coefficient (Wildman–Crippen LogP) is 3.56. The highest BCUT2D eigenvalue weighted by Crippen LogP contribution is 2.25. The highest BCUT2D eigenvalue weighted by molar-refractivity contribution is 7.87. The lowest BCUT2D eigenvalue weighted by Gasteiger charge is -2.13. The van der Waals surface area contributed by atoms with Gasteiger partial charge in [0.1, 0.15) is 10.6 Å². The van der Waals surface area contributed by atoms with Gasteiger partial charge in [-0.05, 0) is 55.8 Å². The molecule has 0 aliphatic carbocycles. The second kappa shape index (κ2) is 8.92. The minimum atomic E-state index is -4.30. The molecule has 1 N–H and O–H groups in total. The van der Waals surface area contributed by atoms with Crippen molar-refractivity contribution >= 4 is 21.7 Å². The van der Waals surface area contributed by atoms with Gasteiger partial charge in [0.25, 0.3) is 11.6 Å². The number of benzene rings is 2. The summed E-state index contributed by atoms with van der Waals surface area (Å²) in [5, 5.41) is 13.8. The van der Waals surface area contributed by atoms with Gasteiger partial charge in [-0.25, -0.2) is 0 Å². The van der Waals surface area contributed by atoms with Crippen molar-refractivity contribution in [2.24, 2.45) is 0 Å². The van der Waals surface area contributed by atoms with Gasteiger partial charge >= 0.3 is 10.1 Å². The molecule has 0 radical (unpaired) electrons. The third kappa shape index (κ3) is 5.23. The molecule has 0 aliphatic rings. The summed E-state index contributed by atoms with van der Waals surface area (Å²) >= 11 is 0. The lowest BCUT2D eigenvalue weighted by molar-refractivity contribution is -0.385. The number of pyridine rings is 1. The maximum atomic E-state index is 12.6. The minimum Gasteiger partial charge on any atom is -0.379 e. The van der Waals surface area contributed by atoms with E-state index in [1.165, 1.54) is 43.3 Å². The molecule has 2 aromatic carbocycles. The van der Waals surface area contributed by atoms with Gasteiger partial charge in [-0.3, -0.25) is 19.9 Å². The number of hydrogen-bond donors (Lipinski definition) is 1. The molecule has 9 nitrogen and oxygen atoms in total. The number of nitrogens with one attached hydrogen (secondary N) is 1. The van der Waals surface area contributed by atoms with Crippen molar-refractivity contribution in [3.05, 3.63) is 93.8 Å². The quantitative estimate of drug-likeness (QED) is 0.337. The van der Waals surface area contributed by atoms with Crippen molar-refractivity contribution in [2.45, 2.75) is 24.8 Å². The molecule has 3 aromatic rings. The molecule has 0 bridgehead atoms. The summed E-state index contributed by atoms with van der Waals surface area (Å²) in [5.41, 5.74) is 0.959. The zero-order valence-corrected chi connectivity index (χ0v) is 17.5. The Morgan fingerprint density at radius 1 is 1.13 bits per heavy atom. The molecule has 0 saturated heterocycles. The molecule has 1 aromatic heterocycles. The van der Waals surface area contributed by atoms with Gasteiger partial charge in [-0.1, -0.05) is 12.1 Å². The van der Waals surface area contributed by atoms with E-state index in [1.807, 2.05) is 6.07 Å². The van der Waals surface area contributed by atoms with Crippen molar-refractivity contribution < 1.29 is 22.3 Å². The van der Waals surface area contributed by atoms with E-state index in [0.717, 1.165) is 6.07 Å². The summed E-state index contributed by atoms with van der Waals surface area (Å²) < 4.78 is 30.3. The molecule has 10 heteroatoms. The van der Waals surface area contributed by atoms with Crippen LogP contribution >= 0.6 is 0 Å². The van der Waals surface area contributed by atoms with E-state index in [9.17, 15) is 23.3 Å². The Kier molecular flexibility index (Phi) is 6.30. The Morgan fingerprint density at radius 3 is 2.45 bits per heavy atom. The standard InChI is InChI=1S/C21H19N3O6S/c1-14-6-9-17(24(26)27)13-20(14)31(28,29)30-18-10-7-16(8-11-18)21(25)23-15(2)19-5-3-4-12-22-19/h3-13,15H,1-2H3,(H,23,25). The molecule has 0 spiro atoms. The first-order valence-electron chi connectivity index (χ1n) is 9.19. The van der Waals surface area contributed by atoms with Crippen LogP contribution in [-0.2, 0) is 10.1 Å². The first-order valence-corrected chi connectivity index (χ1v) is 10.6. The summed E-state index contributed by atoms with van der Waals surface area (Å²) in [5.74, 6) is -0.387. The number of carbonyl (C=O) groups is 1. The Bertz CT molecular complexity index is 1210. The number of nitro benzene ring substituents is 1. The fraction of sp³-hybridized carbons (Fsp3) is 0.143. The van der Waals surface area contributed by atoms with Crippen LogP contribution in [0.25, 0.3) is 0 Å². The molecular formula is C21H19N3O6S. The zero-order valence-electron chi connectivity index (χ0n) is 16.7. The summed E-state index contributed by atoms with van der Waals surface area (Å²) in [6, 6.07) is 14.1. The number of rotatable bonds is 7. The fourth-order valence-electron chi connectivity index (χ4n) is 2.79. The lowest BCUT2D eigenvalue weighted by Crippen LogP contribution is -2.27. The van der Waals surface area contributed by atoms with E-state index in [0.29, 0.717) is 16.8 Å². The third-order valence-corrected chi connectivity index (χ3v) is 5.84. The fourth-order valence-corrected chi connectivity index (χ4v) is 3.97. The van der Waals surface area contributed by atoms with Gasteiger partial charge in [0, 0.05) is 23.9 Å². The van der Waals surface area contributed by atoms with Gasteiger partial charge in [0.2, 0.25) is 0 Å². The molecule has 0 fully saturated rings. The average molecular weight is 441 g/mol. The van der Waals surface area contributed by atoms with E-state index in [4.69, 9.17) is 4.18 Å². The second-order valence-electron chi connectivity index (χ2n) is 6.72. The molecule has 0 aliphatic heterocycles. The van der Waals surface area contributed by atoms with Crippen molar-refractivity contribution in [2.75, 3.05) is 0 Å². The summed E-state index contributed by atoms with van der Waals surface area (Å²) in [6.07, 6.45) is 1.63. The molecular weight excluding hydrogens is 422 g/mol. The van der Waals surface area contributed by atoms with Crippen LogP contribution in [0.2, 0.25) is 0 Å². The monoisotopic (exact) mass is 441 g/mol. The van der Waals surface area contributed by atoms with Crippen molar-refractivity contribution in [3.8, 4) is 5.75 Å². The Hall–Kier alpha value is -3.79. The summed E-state index contributed by atoms with van der Waals surface area (Å²) in [6.45, 7) is 3.31. The molecule has 1 unspecified atom stereocenters. The molecule has 160 valence electrons. The average Bonchev–Trinajstić information content (AvgIpc) is 2.74. The number of aromatic nitrogens is 1. The third-order valence-electron chi connectivity index (χ3n) is 4.45. The van der Waals surface area contributed by atoms with Crippen LogP contribution in [0.1, 0.15) is 34.6 Å². The zero-order chi connectivity index (χ0) is 22.6. The number of amides is 1. The van der Waals surface area contributed by atoms with Crippen molar-refractivity contribution in [1.29, 1.82) is 0 Å². The van der Waals surface area contributed by atoms with Crippen molar-refractivity contribution in [3.63, 3.8) is 0 Å². The Labute approximate surface area is 179 Å². The normalized spacial score (nSPS) is 12.1. The number of hydrogen-bond acceptors (Lipinski definition) is 7. The van der Waals surface area contributed by atoms with Gasteiger partial charge in [-0.2, -0.15) is 8.42 Å². The van der Waals surface area contributed by atoms with Gasteiger partial charge in [-0.15, -0.1) is 0 Å². The molecule has 0 saturated carbocycles. The number of nitro groups is 1. The maximum absolute atomic E-state index is 12.6. The van der Waals surface area contributed by atoms with Crippen LogP contribution < -0.4 is 9.50 Å². The van der Waals surface area contributed by atoms with Crippen LogP contribution in [-0.4, -0.2) is 24.2 Å². The molecule has 31 heavy (non-hydrogen) atoms. The largest absolute Gasteiger partial charge is 0.379 e. The lowest BCUT2D eigenvalue weighted by atomic mass is 10.1. The summed E-state index contributed by atoms with van der Waals surface area (Å²) in [7, 11) is -4.30. The van der Waals surface area contributed by atoms with E-state index >= 15 is 0 Å².